The third-order valence-corrected chi connectivity index (χ3v) is 2.46. The Morgan fingerprint density at radius 3 is 2.16 bits per heavy atom. The van der Waals surface area contributed by atoms with Crippen LogP contribution >= 0.6 is 0 Å². The summed E-state index contributed by atoms with van der Waals surface area (Å²) in [5, 5.41) is 19.8. The third kappa shape index (κ3) is 3.02. The van der Waals surface area contributed by atoms with Gasteiger partial charge >= 0.3 is 0 Å². The van der Waals surface area contributed by atoms with Crippen LogP contribution in [0.1, 0.15) is 17.3 Å². The molecule has 3 N–H and O–H groups in total. The van der Waals surface area contributed by atoms with Gasteiger partial charge in [0.15, 0.2) is 23.3 Å². The zero-order valence-electron chi connectivity index (χ0n) is 9.81. The van der Waals surface area contributed by atoms with Crippen molar-refractivity contribution >= 4 is 5.91 Å². The summed E-state index contributed by atoms with van der Waals surface area (Å²) in [4.78, 5) is 11.6. The molecular weight excluding hydrogens is 270 g/mol. The van der Waals surface area contributed by atoms with Crippen molar-refractivity contribution in [3.8, 4) is 0 Å². The van der Waals surface area contributed by atoms with E-state index in [1.165, 1.54) is 6.92 Å². The molecule has 19 heavy (non-hydrogen) atoms. The van der Waals surface area contributed by atoms with Crippen LogP contribution in [-0.2, 0) is 0 Å². The minimum Gasteiger partial charge on any atom is -0.394 e. The molecule has 1 aromatic rings. The fourth-order valence-corrected chi connectivity index (χ4v) is 1.21. The molecule has 1 rings (SSSR count). The SMILES string of the molecule is CC(CO)(CO)NC(=O)c1cc(F)c(F)c(F)c1F. The average molecular weight is 281 g/mol. The van der Waals surface area contributed by atoms with Crippen molar-refractivity contribution in [2.75, 3.05) is 13.2 Å². The highest BCUT2D eigenvalue weighted by atomic mass is 19.2. The van der Waals surface area contributed by atoms with Gasteiger partial charge in [0.25, 0.3) is 5.91 Å². The number of nitrogens with one attached hydrogen (secondary N) is 1. The molecule has 0 aliphatic rings. The zero-order valence-corrected chi connectivity index (χ0v) is 9.81. The molecule has 0 spiro atoms. The molecule has 0 aromatic heterocycles. The first-order valence-electron chi connectivity index (χ1n) is 5.13. The van der Waals surface area contributed by atoms with Gasteiger partial charge in [-0.2, -0.15) is 0 Å². The molecule has 1 amide bonds. The lowest BCUT2D eigenvalue weighted by molar-refractivity contribution is 0.0718. The van der Waals surface area contributed by atoms with Crippen LogP contribution in [0, 0.1) is 23.3 Å². The predicted octanol–water partition coefficient (Wildman–Crippen LogP) is 0.716. The van der Waals surface area contributed by atoms with Crippen molar-refractivity contribution < 1.29 is 32.6 Å². The minimum absolute atomic E-state index is 0.193. The van der Waals surface area contributed by atoms with Gasteiger partial charge in [-0.1, -0.05) is 0 Å². The normalized spacial score (nSPS) is 11.5. The van der Waals surface area contributed by atoms with Crippen LogP contribution < -0.4 is 5.32 Å². The Hall–Kier alpha value is -1.67. The maximum Gasteiger partial charge on any atom is 0.255 e. The standard InChI is InChI=1S/C11H11F4NO3/c1-11(3-17,4-18)16-10(19)5-2-6(12)8(14)9(15)7(5)13/h2,17-18H,3-4H2,1H3,(H,16,19). The Balaban J connectivity index is 3.15. The molecule has 0 bridgehead atoms. The van der Waals surface area contributed by atoms with Gasteiger partial charge in [0.1, 0.15) is 0 Å². The molecule has 8 heteroatoms. The van der Waals surface area contributed by atoms with Crippen molar-refractivity contribution in [2.45, 2.75) is 12.5 Å². The summed E-state index contributed by atoms with van der Waals surface area (Å²) in [5.74, 6) is -9.00. The summed E-state index contributed by atoms with van der Waals surface area (Å²) in [6.45, 7) is -0.162. The van der Waals surface area contributed by atoms with E-state index in [2.05, 4.69) is 0 Å². The molecule has 0 heterocycles. The molecule has 0 atom stereocenters. The Morgan fingerprint density at radius 1 is 1.16 bits per heavy atom. The number of carbonyl (C=O) groups excluding carboxylic acids is 1. The van der Waals surface area contributed by atoms with Gasteiger partial charge in [-0.15, -0.1) is 0 Å². The topological polar surface area (TPSA) is 69.6 Å². The minimum atomic E-state index is -2.11. The van der Waals surface area contributed by atoms with E-state index < -0.39 is 53.5 Å². The number of rotatable bonds is 4. The van der Waals surface area contributed by atoms with Crippen molar-refractivity contribution in [2.24, 2.45) is 0 Å². The number of aliphatic hydroxyl groups is 2. The molecule has 106 valence electrons. The molecular formula is C11H11F4NO3. The first kappa shape index (κ1) is 15.4. The summed E-state index contributed by atoms with van der Waals surface area (Å²) < 4.78 is 51.9. The lowest BCUT2D eigenvalue weighted by atomic mass is 10.0. The van der Waals surface area contributed by atoms with Gasteiger partial charge in [-0.05, 0) is 13.0 Å². The number of hydrogen-bond donors (Lipinski definition) is 3. The van der Waals surface area contributed by atoms with Crippen LogP contribution in [0.4, 0.5) is 17.6 Å². The first-order chi connectivity index (χ1) is 8.75. The Morgan fingerprint density at radius 2 is 1.68 bits per heavy atom. The smallest absolute Gasteiger partial charge is 0.255 e. The molecule has 1 aromatic carbocycles. The van der Waals surface area contributed by atoms with E-state index in [0.717, 1.165) is 0 Å². The van der Waals surface area contributed by atoms with Gasteiger partial charge in [0.2, 0.25) is 0 Å². The van der Waals surface area contributed by atoms with Crippen LogP contribution in [0.3, 0.4) is 0 Å². The van der Waals surface area contributed by atoms with Crippen molar-refractivity contribution in [3.63, 3.8) is 0 Å². The van der Waals surface area contributed by atoms with Crippen LogP contribution in [0.2, 0.25) is 0 Å². The predicted molar refractivity (Wildman–Crippen MR) is 56.3 cm³/mol. The van der Waals surface area contributed by atoms with Gasteiger partial charge in [-0.3, -0.25) is 4.79 Å². The maximum atomic E-state index is 13.3. The van der Waals surface area contributed by atoms with Gasteiger partial charge in [0, 0.05) is 0 Å². The van der Waals surface area contributed by atoms with Crippen LogP contribution in [0.25, 0.3) is 0 Å². The van der Waals surface area contributed by atoms with Gasteiger partial charge < -0.3 is 15.5 Å². The Kier molecular flexibility index (Phi) is 4.48. The van der Waals surface area contributed by atoms with Crippen molar-refractivity contribution in [1.82, 2.24) is 5.32 Å². The number of hydrogen-bond acceptors (Lipinski definition) is 3. The van der Waals surface area contributed by atoms with Crippen molar-refractivity contribution in [3.05, 3.63) is 34.9 Å². The monoisotopic (exact) mass is 281 g/mol. The molecule has 0 fully saturated rings. The third-order valence-electron chi connectivity index (χ3n) is 2.46. The van der Waals surface area contributed by atoms with Crippen LogP contribution in [0.15, 0.2) is 6.07 Å². The maximum absolute atomic E-state index is 13.3. The summed E-state index contributed by atoms with van der Waals surface area (Å²) in [6, 6.07) is 0.193. The number of carbonyl (C=O) groups is 1. The average Bonchev–Trinajstić information content (AvgIpc) is 2.40. The highest BCUT2D eigenvalue weighted by molar-refractivity contribution is 5.95. The van der Waals surface area contributed by atoms with E-state index >= 15 is 0 Å². The fourth-order valence-electron chi connectivity index (χ4n) is 1.21. The molecule has 0 saturated carbocycles. The lowest BCUT2D eigenvalue weighted by Gasteiger charge is -2.26. The molecule has 0 saturated heterocycles. The van der Waals surface area contributed by atoms with E-state index in [-0.39, 0.29) is 6.07 Å². The second-order valence-electron chi connectivity index (χ2n) is 4.18. The van der Waals surface area contributed by atoms with Gasteiger partial charge in [0.05, 0.1) is 24.3 Å². The van der Waals surface area contributed by atoms with E-state index in [4.69, 9.17) is 10.2 Å². The zero-order chi connectivity index (χ0) is 14.8. The second kappa shape index (κ2) is 5.54. The summed E-state index contributed by atoms with van der Waals surface area (Å²) in [5.41, 5.74) is -2.57. The number of amides is 1. The first-order valence-corrected chi connectivity index (χ1v) is 5.13. The van der Waals surface area contributed by atoms with Gasteiger partial charge in [-0.25, -0.2) is 17.6 Å². The highest BCUT2D eigenvalue weighted by Crippen LogP contribution is 2.19. The van der Waals surface area contributed by atoms with E-state index in [1.54, 1.807) is 0 Å². The second-order valence-corrected chi connectivity index (χ2v) is 4.18. The van der Waals surface area contributed by atoms with E-state index in [0.29, 0.717) is 0 Å². The molecule has 4 nitrogen and oxygen atoms in total. The summed E-state index contributed by atoms with van der Waals surface area (Å²) >= 11 is 0. The van der Waals surface area contributed by atoms with E-state index in [9.17, 15) is 22.4 Å². The van der Waals surface area contributed by atoms with E-state index in [1.807, 2.05) is 5.32 Å². The quantitative estimate of drug-likeness (QED) is 0.432. The van der Waals surface area contributed by atoms with Crippen LogP contribution in [-0.4, -0.2) is 34.9 Å². The summed E-state index contributed by atoms with van der Waals surface area (Å²) in [7, 11) is 0. The molecule has 0 unspecified atom stereocenters. The summed E-state index contributed by atoms with van der Waals surface area (Å²) in [6.07, 6.45) is 0. The highest BCUT2D eigenvalue weighted by Gasteiger charge is 2.29. The Labute approximate surface area is 105 Å². The number of benzene rings is 1. The number of aliphatic hydroxyl groups excluding tert-OH is 2. The van der Waals surface area contributed by atoms with Crippen LogP contribution in [0.5, 0.6) is 0 Å². The molecule has 0 aliphatic carbocycles. The van der Waals surface area contributed by atoms with Crippen molar-refractivity contribution in [1.29, 1.82) is 0 Å². The lowest BCUT2D eigenvalue weighted by Crippen LogP contribution is -2.52. The molecule has 0 aliphatic heterocycles. The largest absolute Gasteiger partial charge is 0.394 e. The fraction of sp³-hybridized carbons (Fsp3) is 0.364. The number of halogens is 4. The molecule has 0 radical (unpaired) electrons. The Bertz CT molecular complexity index is 503.